The van der Waals surface area contributed by atoms with Crippen LogP contribution >= 0.6 is 0 Å². The molecular weight excluding hydrogens is 224 g/mol. The lowest BCUT2D eigenvalue weighted by Crippen LogP contribution is -2.28. The largest absolute Gasteiger partial charge is 0.481 e. The van der Waals surface area contributed by atoms with Crippen molar-refractivity contribution in [2.45, 2.75) is 13.3 Å². The maximum atomic E-state index is 11.5. The number of aliphatic carboxylic acids is 1. The Morgan fingerprint density at radius 3 is 2.76 bits per heavy atom. The van der Waals surface area contributed by atoms with Gasteiger partial charge in [0, 0.05) is 12.6 Å². The second-order valence-electron chi connectivity index (χ2n) is 3.71. The van der Waals surface area contributed by atoms with E-state index in [2.05, 4.69) is 10.3 Å². The molecule has 0 aliphatic carbocycles. The normalized spacial score (nSPS) is 11.8. The topological polar surface area (TPSA) is 99.3 Å². The second-order valence-corrected chi connectivity index (χ2v) is 3.71. The number of aromatic nitrogens is 1. The van der Waals surface area contributed by atoms with Crippen molar-refractivity contribution in [3.63, 3.8) is 0 Å². The van der Waals surface area contributed by atoms with E-state index in [0.717, 1.165) is 0 Å². The van der Waals surface area contributed by atoms with Crippen LogP contribution in [0.25, 0.3) is 0 Å². The summed E-state index contributed by atoms with van der Waals surface area (Å²) >= 11 is 0. The molecule has 6 heteroatoms. The Bertz CT molecular complexity index is 467. The number of hydrogen-bond donors (Lipinski definition) is 3. The summed E-state index contributed by atoms with van der Waals surface area (Å²) in [5.41, 5.74) is -0.183. The Morgan fingerprint density at radius 2 is 2.18 bits per heavy atom. The average Bonchev–Trinajstić information content (AvgIpc) is 2.28. The minimum atomic E-state index is -0.896. The highest BCUT2D eigenvalue weighted by atomic mass is 16.4. The SMILES string of the molecule is CC(CCNC(=O)c1cccc(=O)[nH]1)C(=O)O. The summed E-state index contributed by atoms with van der Waals surface area (Å²) < 4.78 is 0. The van der Waals surface area contributed by atoms with Crippen LogP contribution in [0.3, 0.4) is 0 Å². The minimum absolute atomic E-state index is 0.167. The molecule has 6 nitrogen and oxygen atoms in total. The van der Waals surface area contributed by atoms with E-state index >= 15 is 0 Å². The molecule has 1 heterocycles. The molecule has 0 aromatic carbocycles. The summed E-state index contributed by atoms with van der Waals surface area (Å²) in [7, 11) is 0. The Labute approximate surface area is 97.7 Å². The number of carbonyl (C=O) groups excluding carboxylic acids is 1. The Balaban J connectivity index is 2.46. The quantitative estimate of drug-likeness (QED) is 0.683. The maximum absolute atomic E-state index is 11.5. The molecule has 0 aliphatic heterocycles. The Hall–Kier alpha value is -2.11. The van der Waals surface area contributed by atoms with Crippen molar-refractivity contribution in [3.05, 3.63) is 34.2 Å². The third-order valence-corrected chi connectivity index (χ3v) is 2.30. The number of carboxylic acids is 1. The van der Waals surface area contributed by atoms with Crippen LogP contribution < -0.4 is 10.9 Å². The highest BCUT2D eigenvalue weighted by Crippen LogP contribution is 2.00. The van der Waals surface area contributed by atoms with Gasteiger partial charge in [-0.25, -0.2) is 0 Å². The first kappa shape index (κ1) is 13.0. The third kappa shape index (κ3) is 4.10. The Morgan fingerprint density at radius 1 is 1.47 bits per heavy atom. The van der Waals surface area contributed by atoms with E-state index in [-0.39, 0.29) is 17.8 Å². The lowest BCUT2D eigenvalue weighted by Gasteiger charge is -2.07. The molecule has 17 heavy (non-hydrogen) atoms. The van der Waals surface area contributed by atoms with Crippen molar-refractivity contribution in [2.24, 2.45) is 5.92 Å². The molecule has 1 atom stereocenters. The Kier molecular flexibility index (Phi) is 4.45. The van der Waals surface area contributed by atoms with Crippen molar-refractivity contribution in [2.75, 3.05) is 6.54 Å². The first-order chi connectivity index (χ1) is 8.00. The molecule has 1 rings (SSSR count). The zero-order valence-electron chi connectivity index (χ0n) is 9.40. The number of amides is 1. The van der Waals surface area contributed by atoms with Crippen LogP contribution in [-0.2, 0) is 4.79 Å². The zero-order chi connectivity index (χ0) is 12.8. The van der Waals surface area contributed by atoms with Crippen molar-refractivity contribution in [1.82, 2.24) is 10.3 Å². The fourth-order valence-electron chi connectivity index (χ4n) is 1.20. The fourth-order valence-corrected chi connectivity index (χ4v) is 1.20. The summed E-state index contributed by atoms with van der Waals surface area (Å²) in [6, 6.07) is 4.27. The predicted octanol–water partition coefficient (Wildman–Crippen LogP) is 0.215. The smallest absolute Gasteiger partial charge is 0.306 e. The summed E-state index contributed by atoms with van der Waals surface area (Å²) in [6.45, 7) is 1.82. The number of hydrogen-bond acceptors (Lipinski definition) is 3. The van der Waals surface area contributed by atoms with Crippen LogP contribution in [-0.4, -0.2) is 28.5 Å². The van der Waals surface area contributed by atoms with Gasteiger partial charge in [-0.15, -0.1) is 0 Å². The van der Waals surface area contributed by atoms with E-state index in [1.807, 2.05) is 0 Å². The lowest BCUT2D eigenvalue weighted by atomic mass is 10.1. The van der Waals surface area contributed by atoms with Gasteiger partial charge in [0.2, 0.25) is 5.56 Å². The highest BCUT2D eigenvalue weighted by Gasteiger charge is 2.11. The number of H-pyrrole nitrogens is 1. The second kappa shape index (κ2) is 5.83. The van der Waals surface area contributed by atoms with Crippen molar-refractivity contribution >= 4 is 11.9 Å². The molecule has 0 saturated heterocycles. The molecule has 0 spiro atoms. The summed E-state index contributed by atoms with van der Waals surface area (Å²) in [5.74, 6) is -1.82. The van der Waals surface area contributed by atoms with Gasteiger partial charge < -0.3 is 15.4 Å². The van der Waals surface area contributed by atoms with E-state index in [9.17, 15) is 14.4 Å². The van der Waals surface area contributed by atoms with Gasteiger partial charge in [-0.3, -0.25) is 14.4 Å². The molecule has 1 unspecified atom stereocenters. The predicted molar refractivity (Wildman–Crippen MR) is 60.8 cm³/mol. The van der Waals surface area contributed by atoms with Gasteiger partial charge in [0.25, 0.3) is 5.91 Å². The van der Waals surface area contributed by atoms with E-state index in [1.165, 1.54) is 18.2 Å². The van der Waals surface area contributed by atoms with Gasteiger partial charge in [-0.05, 0) is 12.5 Å². The number of carboxylic acid groups (broad SMARTS) is 1. The van der Waals surface area contributed by atoms with Gasteiger partial charge in [-0.1, -0.05) is 13.0 Å². The van der Waals surface area contributed by atoms with E-state index in [0.29, 0.717) is 6.42 Å². The fraction of sp³-hybridized carbons (Fsp3) is 0.364. The van der Waals surface area contributed by atoms with Crippen molar-refractivity contribution in [1.29, 1.82) is 0 Å². The van der Waals surface area contributed by atoms with Gasteiger partial charge in [0.05, 0.1) is 5.92 Å². The molecule has 0 bridgehead atoms. The molecule has 0 radical (unpaired) electrons. The molecule has 0 saturated carbocycles. The number of carbonyl (C=O) groups is 2. The van der Waals surface area contributed by atoms with Gasteiger partial charge in [0.1, 0.15) is 5.69 Å². The van der Waals surface area contributed by atoms with E-state index in [4.69, 9.17) is 5.11 Å². The summed E-state index contributed by atoms with van der Waals surface area (Å²) in [5, 5.41) is 11.2. The van der Waals surface area contributed by atoms with E-state index < -0.39 is 17.8 Å². The summed E-state index contributed by atoms with van der Waals surface area (Å²) in [4.78, 5) is 35.4. The zero-order valence-corrected chi connectivity index (χ0v) is 9.40. The van der Waals surface area contributed by atoms with Gasteiger partial charge >= 0.3 is 5.97 Å². The summed E-state index contributed by atoms with van der Waals surface area (Å²) in [6.07, 6.45) is 0.345. The van der Waals surface area contributed by atoms with Gasteiger partial charge in [-0.2, -0.15) is 0 Å². The molecule has 0 aliphatic rings. The van der Waals surface area contributed by atoms with Crippen molar-refractivity contribution < 1.29 is 14.7 Å². The van der Waals surface area contributed by atoms with Crippen LogP contribution in [0.5, 0.6) is 0 Å². The number of nitrogens with one attached hydrogen (secondary N) is 2. The van der Waals surface area contributed by atoms with Crippen LogP contribution in [0.15, 0.2) is 23.0 Å². The number of rotatable bonds is 5. The molecule has 92 valence electrons. The molecule has 0 fully saturated rings. The molecular formula is C11H14N2O4. The van der Waals surface area contributed by atoms with Crippen molar-refractivity contribution in [3.8, 4) is 0 Å². The number of pyridine rings is 1. The van der Waals surface area contributed by atoms with Crippen LogP contribution in [0.2, 0.25) is 0 Å². The number of aromatic amines is 1. The van der Waals surface area contributed by atoms with Crippen LogP contribution in [0.4, 0.5) is 0 Å². The van der Waals surface area contributed by atoms with Crippen LogP contribution in [0, 0.1) is 5.92 Å². The third-order valence-electron chi connectivity index (χ3n) is 2.30. The molecule has 3 N–H and O–H groups in total. The van der Waals surface area contributed by atoms with E-state index in [1.54, 1.807) is 6.92 Å². The van der Waals surface area contributed by atoms with Crippen LogP contribution in [0.1, 0.15) is 23.8 Å². The highest BCUT2D eigenvalue weighted by molar-refractivity contribution is 5.92. The lowest BCUT2D eigenvalue weighted by molar-refractivity contribution is -0.141. The first-order valence-electron chi connectivity index (χ1n) is 5.21. The molecule has 1 aromatic rings. The standard InChI is InChI=1S/C11H14N2O4/c1-7(11(16)17)5-6-12-10(15)8-3-2-4-9(14)13-8/h2-4,7H,5-6H2,1H3,(H,12,15)(H,13,14)(H,16,17). The average molecular weight is 238 g/mol. The molecule has 1 amide bonds. The minimum Gasteiger partial charge on any atom is -0.481 e. The first-order valence-corrected chi connectivity index (χ1v) is 5.21. The maximum Gasteiger partial charge on any atom is 0.306 e. The monoisotopic (exact) mass is 238 g/mol. The molecule has 1 aromatic heterocycles. The van der Waals surface area contributed by atoms with Gasteiger partial charge in [0.15, 0.2) is 0 Å².